The minimum Gasteiger partial charge on any atom is -0.374 e. The van der Waals surface area contributed by atoms with Gasteiger partial charge in [0.15, 0.2) is 4.34 Å². The Balaban J connectivity index is 1.52. The summed E-state index contributed by atoms with van der Waals surface area (Å²) in [6, 6.07) is 12.8. The smallest absolute Gasteiger partial charge is 0.266 e. The molecular formula is C16H16N6O2S2. The summed E-state index contributed by atoms with van der Waals surface area (Å²) >= 11 is 2.50. The van der Waals surface area contributed by atoms with Crippen LogP contribution in [-0.4, -0.2) is 38.2 Å². The van der Waals surface area contributed by atoms with E-state index in [0.717, 1.165) is 5.56 Å². The van der Waals surface area contributed by atoms with Crippen LogP contribution in [0, 0.1) is 0 Å². The summed E-state index contributed by atoms with van der Waals surface area (Å²) < 4.78 is 1.99. The van der Waals surface area contributed by atoms with E-state index in [9.17, 15) is 9.59 Å². The van der Waals surface area contributed by atoms with Crippen molar-refractivity contribution in [3.05, 3.63) is 52.8 Å². The van der Waals surface area contributed by atoms with Gasteiger partial charge in [0.05, 0.1) is 18.0 Å². The van der Waals surface area contributed by atoms with Gasteiger partial charge in [-0.05, 0) is 6.07 Å². The zero-order chi connectivity index (χ0) is 18.4. The molecule has 0 atom stereocenters. The molecule has 8 nitrogen and oxygen atoms in total. The minimum atomic E-state index is -0.211. The maximum atomic E-state index is 11.9. The van der Waals surface area contributed by atoms with Crippen molar-refractivity contribution < 1.29 is 4.79 Å². The van der Waals surface area contributed by atoms with Crippen LogP contribution in [0.3, 0.4) is 0 Å². The molecule has 1 amide bonds. The second-order valence-electron chi connectivity index (χ2n) is 5.19. The summed E-state index contributed by atoms with van der Waals surface area (Å²) in [5.74, 6) is 0.0529. The van der Waals surface area contributed by atoms with E-state index in [4.69, 9.17) is 5.73 Å². The monoisotopic (exact) mass is 388 g/mol. The molecule has 1 aromatic carbocycles. The fourth-order valence-corrected chi connectivity index (χ4v) is 3.60. The maximum Gasteiger partial charge on any atom is 0.266 e. The molecule has 0 aliphatic carbocycles. The van der Waals surface area contributed by atoms with E-state index in [2.05, 4.69) is 20.6 Å². The van der Waals surface area contributed by atoms with Crippen LogP contribution in [0.5, 0.6) is 0 Å². The SMILES string of the molecule is Nc1nnc(SCC(=O)NCCn2nc(-c3ccccc3)ccc2=O)s1. The largest absolute Gasteiger partial charge is 0.374 e. The average molecular weight is 388 g/mol. The molecule has 3 aromatic rings. The number of nitrogens with zero attached hydrogens (tertiary/aromatic N) is 4. The molecule has 0 saturated heterocycles. The number of carbonyl (C=O) groups is 1. The number of rotatable bonds is 7. The number of thioether (sulfide) groups is 1. The van der Waals surface area contributed by atoms with Crippen molar-refractivity contribution in [3.8, 4) is 11.3 Å². The standard InChI is InChI=1S/C16H16N6O2S2/c17-15-19-20-16(26-15)25-10-13(23)18-8-9-22-14(24)7-6-12(21-22)11-4-2-1-3-5-11/h1-7H,8-10H2,(H2,17,19)(H,18,23). The molecule has 0 bridgehead atoms. The second kappa shape index (κ2) is 8.59. The van der Waals surface area contributed by atoms with Gasteiger partial charge in [-0.3, -0.25) is 9.59 Å². The Bertz CT molecular complexity index is 941. The highest BCUT2D eigenvalue weighted by Gasteiger charge is 2.07. The van der Waals surface area contributed by atoms with Crippen molar-refractivity contribution in [1.29, 1.82) is 0 Å². The first-order valence-electron chi connectivity index (χ1n) is 7.74. The first kappa shape index (κ1) is 18.1. The molecule has 26 heavy (non-hydrogen) atoms. The third kappa shape index (κ3) is 4.90. The molecule has 0 spiro atoms. The van der Waals surface area contributed by atoms with E-state index < -0.39 is 0 Å². The van der Waals surface area contributed by atoms with Crippen LogP contribution in [-0.2, 0) is 11.3 Å². The number of carbonyl (C=O) groups excluding carboxylic acids is 1. The van der Waals surface area contributed by atoms with Gasteiger partial charge in [-0.25, -0.2) is 4.68 Å². The third-order valence-corrected chi connectivity index (χ3v) is 5.22. The van der Waals surface area contributed by atoms with Gasteiger partial charge in [0.25, 0.3) is 5.56 Å². The Morgan fingerprint density at radius 1 is 1.19 bits per heavy atom. The van der Waals surface area contributed by atoms with Crippen molar-refractivity contribution >= 4 is 34.1 Å². The Kier molecular flexibility index (Phi) is 5.97. The van der Waals surface area contributed by atoms with Crippen LogP contribution in [0.15, 0.2) is 51.6 Å². The molecule has 0 fully saturated rings. The Hall–Kier alpha value is -2.72. The van der Waals surface area contributed by atoms with Crippen molar-refractivity contribution in [2.24, 2.45) is 0 Å². The molecule has 3 N–H and O–H groups in total. The van der Waals surface area contributed by atoms with Gasteiger partial charge in [0.1, 0.15) is 0 Å². The van der Waals surface area contributed by atoms with E-state index in [1.54, 1.807) is 6.07 Å². The molecular weight excluding hydrogens is 372 g/mol. The molecule has 10 heteroatoms. The molecule has 134 valence electrons. The third-order valence-electron chi connectivity index (χ3n) is 3.33. The second-order valence-corrected chi connectivity index (χ2v) is 7.42. The van der Waals surface area contributed by atoms with E-state index in [1.165, 1.54) is 33.8 Å². The van der Waals surface area contributed by atoms with Gasteiger partial charge in [-0.2, -0.15) is 5.10 Å². The summed E-state index contributed by atoms with van der Waals surface area (Å²) in [4.78, 5) is 23.8. The van der Waals surface area contributed by atoms with Gasteiger partial charge < -0.3 is 11.1 Å². The van der Waals surface area contributed by atoms with E-state index in [-0.39, 0.29) is 17.2 Å². The highest BCUT2D eigenvalue weighted by Crippen LogP contribution is 2.22. The lowest BCUT2D eigenvalue weighted by molar-refractivity contribution is -0.118. The Morgan fingerprint density at radius 2 is 2.00 bits per heavy atom. The Morgan fingerprint density at radius 3 is 2.73 bits per heavy atom. The van der Waals surface area contributed by atoms with E-state index in [0.29, 0.717) is 28.3 Å². The summed E-state index contributed by atoms with van der Waals surface area (Å²) in [6.45, 7) is 0.602. The number of benzene rings is 1. The molecule has 0 unspecified atom stereocenters. The number of nitrogen functional groups attached to an aromatic ring is 1. The lowest BCUT2D eigenvalue weighted by Crippen LogP contribution is -2.32. The van der Waals surface area contributed by atoms with Gasteiger partial charge >= 0.3 is 0 Å². The number of hydrogen-bond donors (Lipinski definition) is 2. The molecule has 0 aliphatic rings. The predicted molar refractivity (Wildman–Crippen MR) is 102 cm³/mol. The first-order chi connectivity index (χ1) is 12.6. The fraction of sp³-hybridized carbons (Fsp3) is 0.188. The lowest BCUT2D eigenvalue weighted by Gasteiger charge is -2.08. The number of nitrogens with two attached hydrogens (primary N) is 1. The van der Waals surface area contributed by atoms with Gasteiger partial charge in [-0.15, -0.1) is 10.2 Å². The fourth-order valence-electron chi connectivity index (χ4n) is 2.13. The van der Waals surface area contributed by atoms with Gasteiger partial charge in [-0.1, -0.05) is 53.4 Å². The highest BCUT2D eigenvalue weighted by atomic mass is 32.2. The summed E-state index contributed by atoms with van der Waals surface area (Å²) in [7, 11) is 0. The number of aromatic nitrogens is 4. The van der Waals surface area contributed by atoms with Crippen molar-refractivity contribution in [2.45, 2.75) is 10.9 Å². The highest BCUT2D eigenvalue weighted by molar-refractivity contribution is 8.01. The van der Waals surface area contributed by atoms with Crippen LogP contribution in [0.25, 0.3) is 11.3 Å². The van der Waals surface area contributed by atoms with Crippen LogP contribution in [0.1, 0.15) is 0 Å². The van der Waals surface area contributed by atoms with Gasteiger partial charge in [0, 0.05) is 18.2 Å². The minimum absolute atomic E-state index is 0.156. The summed E-state index contributed by atoms with van der Waals surface area (Å²) in [6.07, 6.45) is 0. The molecule has 2 aromatic heterocycles. The molecule has 0 aliphatic heterocycles. The van der Waals surface area contributed by atoms with Crippen LogP contribution >= 0.6 is 23.1 Å². The van der Waals surface area contributed by atoms with Gasteiger partial charge in [0.2, 0.25) is 11.0 Å². The predicted octanol–water partition coefficient (Wildman–Crippen LogP) is 1.25. The number of hydrogen-bond acceptors (Lipinski definition) is 8. The normalized spacial score (nSPS) is 10.6. The molecule has 2 heterocycles. The number of amides is 1. The van der Waals surface area contributed by atoms with E-state index >= 15 is 0 Å². The lowest BCUT2D eigenvalue weighted by atomic mass is 10.1. The zero-order valence-electron chi connectivity index (χ0n) is 13.7. The van der Waals surface area contributed by atoms with Crippen LogP contribution < -0.4 is 16.6 Å². The molecule has 0 radical (unpaired) electrons. The number of nitrogens with one attached hydrogen (secondary N) is 1. The van der Waals surface area contributed by atoms with Crippen molar-refractivity contribution in [2.75, 3.05) is 18.0 Å². The zero-order valence-corrected chi connectivity index (χ0v) is 15.3. The van der Waals surface area contributed by atoms with Crippen LogP contribution in [0.2, 0.25) is 0 Å². The maximum absolute atomic E-state index is 11.9. The Labute approximate surface area is 157 Å². The summed E-state index contributed by atoms with van der Waals surface area (Å²) in [5.41, 5.74) is 6.92. The molecule has 0 saturated carbocycles. The first-order valence-corrected chi connectivity index (χ1v) is 9.54. The van der Waals surface area contributed by atoms with Crippen LogP contribution in [0.4, 0.5) is 5.13 Å². The topological polar surface area (TPSA) is 116 Å². The van der Waals surface area contributed by atoms with E-state index in [1.807, 2.05) is 30.3 Å². The summed E-state index contributed by atoms with van der Waals surface area (Å²) in [5, 5.41) is 15.0. The average Bonchev–Trinajstić information content (AvgIpc) is 3.07. The van der Waals surface area contributed by atoms with Crippen molar-refractivity contribution in [1.82, 2.24) is 25.3 Å². The quantitative estimate of drug-likeness (QED) is 0.585. The van der Waals surface area contributed by atoms with Crippen molar-refractivity contribution in [3.63, 3.8) is 0 Å². The molecule has 3 rings (SSSR count). The number of anilines is 1.